The lowest BCUT2D eigenvalue weighted by atomic mass is 9.88. The number of rotatable bonds is 7. The Morgan fingerprint density at radius 3 is 2.55 bits per heavy atom. The number of aromatic nitrogens is 1. The molecule has 1 heterocycles. The second-order valence-electron chi connectivity index (χ2n) is 5.57. The van der Waals surface area contributed by atoms with Crippen LogP contribution in [-0.2, 0) is 6.42 Å². The van der Waals surface area contributed by atoms with E-state index < -0.39 is 0 Å². The van der Waals surface area contributed by atoms with Crippen molar-refractivity contribution in [3.05, 3.63) is 52.0 Å². The zero-order chi connectivity index (χ0) is 14.4. The summed E-state index contributed by atoms with van der Waals surface area (Å²) in [6, 6.07) is 10.8. The van der Waals surface area contributed by atoms with Crippen LogP contribution in [0.25, 0.3) is 0 Å². The Morgan fingerprint density at radius 1 is 1.20 bits per heavy atom. The van der Waals surface area contributed by atoms with E-state index in [1.807, 2.05) is 0 Å². The number of nitrogens with one attached hydrogen (secondary N) is 1. The molecular formula is C17H24N2S. The van der Waals surface area contributed by atoms with Crippen LogP contribution < -0.4 is 5.32 Å². The zero-order valence-electron chi connectivity index (χ0n) is 12.6. The van der Waals surface area contributed by atoms with Gasteiger partial charge in [-0.2, -0.15) is 0 Å². The molecule has 0 amide bonds. The average Bonchev–Trinajstić information content (AvgIpc) is 2.85. The molecule has 0 bridgehead atoms. The van der Waals surface area contributed by atoms with E-state index in [0.717, 1.165) is 24.5 Å². The van der Waals surface area contributed by atoms with Crippen LogP contribution in [0.2, 0.25) is 0 Å². The Labute approximate surface area is 126 Å². The predicted octanol–water partition coefficient (Wildman–Crippen LogP) is 4.02. The molecule has 2 rings (SSSR count). The summed E-state index contributed by atoms with van der Waals surface area (Å²) in [4.78, 5) is 4.50. The minimum absolute atomic E-state index is 0.577. The topological polar surface area (TPSA) is 24.9 Å². The van der Waals surface area contributed by atoms with E-state index in [9.17, 15) is 0 Å². The maximum Gasteiger partial charge on any atom is 0.0897 e. The van der Waals surface area contributed by atoms with Gasteiger partial charge >= 0.3 is 0 Å². The van der Waals surface area contributed by atoms with Crippen molar-refractivity contribution >= 4 is 11.3 Å². The highest BCUT2D eigenvalue weighted by Gasteiger charge is 2.14. The molecule has 2 aromatic rings. The SMILES string of the molecule is Cc1nc(CCNCC(c2ccccc2)C(C)C)cs1. The van der Waals surface area contributed by atoms with Gasteiger partial charge in [-0.3, -0.25) is 0 Å². The number of hydrogen-bond acceptors (Lipinski definition) is 3. The van der Waals surface area contributed by atoms with Gasteiger partial charge in [-0.1, -0.05) is 44.2 Å². The van der Waals surface area contributed by atoms with Crippen LogP contribution in [0.4, 0.5) is 0 Å². The number of hydrogen-bond donors (Lipinski definition) is 1. The fourth-order valence-electron chi connectivity index (χ4n) is 2.44. The van der Waals surface area contributed by atoms with Crippen molar-refractivity contribution in [3.8, 4) is 0 Å². The van der Waals surface area contributed by atoms with Gasteiger partial charge in [0.05, 0.1) is 10.7 Å². The Kier molecular flexibility index (Phi) is 5.74. The van der Waals surface area contributed by atoms with Crippen LogP contribution in [0.1, 0.15) is 36.0 Å². The van der Waals surface area contributed by atoms with Gasteiger partial charge in [-0.05, 0) is 24.3 Å². The molecule has 0 radical (unpaired) electrons. The fraction of sp³-hybridized carbons (Fsp3) is 0.471. The van der Waals surface area contributed by atoms with E-state index in [1.165, 1.54) is 11.3 Å². The molecule has 0 spiro atoms. The van der Waals surface area contributed by atoms with Gasteiger partial charge in [-0.25, -0.2) is 4.98 Å². The molecule has 1 aromatic heterocycles. The summed E-state index contributed by atoms with van der Waals surface area (Å²) in [7, 11) is 0. The first kappa shape index (κ1) is 15.2. The number of nitrogens with zero attached hydrogens (tertiary/aromatic N) is 1. The molecule has 0 saturated carbocycles. The molecule has 1 aromatic carbocycles. The van der Waals surface area contributed by atoms with Crippen LogP contribution in [0.3, 0.4) is 0 Å². The lowest BCUT2D eigenvalue weighted by molar-refractivity contribution is 0.463. The van der Waals surface area contributed by atoms with E-state index >= 15 is 0 Å². The van der Waals surface area contributed by atoms with Crippen molar-refractivity contribution in [1.82, 2.24) is 10.3 Å². The summed E-state index contributed by atoms with van der Waals surface area (Å²) >= 11 is 1.73. The molecule has 0 aliphatic rings. The fourth-order valence-corrected chi connectivity index (χ4v) is 3.08. The van der Waals surface area contributed by atoms with Gasteiger partial charge in [0.2, 0.25) is 0 Å². The van der Waals surface area contributed by atoms with E-state index in [2.05, 4.69) is 66.8 Å². The van der Waals surface area contributed by atoms with Crippen molar-refractivity contribution in [2.24, 2.45) is 5.92 Å². The van der Waals surface area contributed by atoms with Gasteiger partial charge in [0.1, 0.15) is 0 Å². The largest absolute Gasteiger partial charge is 0.316 e. The lowest BCUT2D eigenvalue weighted by Crippen LogP contribution is -2.26. The Bertz CT molecular complexity index is 505. The first-order chi connectivity index (χ1) is 9.66. The summed E-state index contributed by atoms with van der Waals surface area (Å²) in [6.45, 7) is 8.68. The summed E-state index contributed by atoms with van der Waals surface area (Å²) < 4.78 is 0. The third-order valence-corrected chi connectivity index (χ3v) is 4.44. The molecule has 0 aliphatic heterocycles. The highest BCUT2D eigenvalue weighted by Crippen LogP contribution is 2.23. The molecule has 0 fully saturated rings. The van der Waals surface area contributed by atoms with Gasteiger partial charge in [-0.15, -0.1) is 11.3 Å². The van der Waals surface area contributed by atoms with E-state index in [0.29, 0.717) is 11.8 Å². The summed E-state index contributed by atoms with van der Waals surface area (Å²) in [5.74, 6) is 1.22. The maximum absolute atomic E-state index is 4.50. The molecule has 20 heavy (non-hydrogen) atoms. The lowest BCUT2D eigenvalue weighted by Gasteiger charge is -2.21. The third-order valence-electron chi connectivity index (χ3n) is 3.62. The zero-order valence-corrected chi connectivity index (χ0v) is 13.4. The Balaban J connectivity index is 1.81. The van der Waals surface area contributed by atoms with Crippen LogP contribution in [0.5, 0.6) is 0 Å². The molecule has 3 heteroatoms. The maximum atomic E-state index is 4.50. The number of benzene rings is 1. The molecule has 108 valence electrons. The minimum atomic E-state index is 0.577. The van der Waals surface area contributed by atoms with Crippen molar-refractivity contribution in [1.29, 1.82) is 0 Å². The standard InChI is InChI=1S/C17H24N2S/c1-13(2)17(15-7-5-4-6-8-15)11-18-10-9-16-12-20-14(3)19-16/h4-8,12-13,17-18H,9-11H2,1-3H3. The number of aryl methyl sites for hydroxylation is 1. The summed E-state index contributed by atoms with van der Waals surface area (Å²) in [5.41, 5.74) is 2.64. The van der Waals surface area contributed by atoms with Gasteiger partial charge in [0, 0.05) is 24.9 Å². The van der Waals surface area contributed by atoms with E-state index in [-0.39, 0.29) is 0 Å². The first-order valence-electron chi connectivity index (χ1n) is 7.33. The molecule has 2 nitrogen and oxygen atoms in total. The molecule has 1 atom stereocenters. The molecular weight excluding hydrogens is 264 g/mol. The summed E-state index contributed by atoms with van der Waals surface area (Å²) in [6.07, 6.45) is 1.02. The second-order valence-corrected chi connectivity index (χ2v) is 6.64. The van der Waals surface area contributed by atoms with Crippen LogP contribution in [-0.4, -0.2) is 18.1 Å². The van der Waals surface area contributed by atoms with Crippen molar-refractivity contribution in [2.45, 2.75) is 33.1 Å². The Hall–Kier alpha value is -1.19. The molecule has 0 aliphatic carbocycles. The van der Waals surface area contributed by atoms with Crippen LogP contribution in [0.15, 0.2) is 35.7 Å². The van der Waals surface area contributed by atoms with Gasteiger partial charge < -0.3 is 5.32 Å². The predicted molar refractivity (Wildman–Crippen MR) is 87.4 cm³/mol. The normalized spacial score (nSPS) is 12.8. The van der Waals surface area contributed by atoms with Gasteiger partial charge in [0.15, 0.2) is 0 Å². The van der Waals surface area contributed by atoms with Crippen molar-refractivity contribution < 1.29 is 0 Å². The molecule has 0 saturated heterocycles. The smallest absolute Gasteiger partial charge is 0.0897 e. The monoisotopic (exact) mass is 288 g/mol. The minimum Gasteiger partial charge on any atom is -0.316 e. The van der Waals surface area contributed by atoms with Crippen LogP contribution in [0, 0.1) is 12.8 Å². The summed E-state index contributed by atoms with van der Waals surface area (Å²) in [5, 5.41) is 6.91. The number of thiazole rings is 1. The molecule has 1 unspecified atom stereocenters. The van der Waals surface area contributed by atoms with Crippen LogP contribution >= 0.6 is 11.3 Å². The van der Waals surface area contributed by atoms with Crippen molar-refractivity contribution in [3.63, 3.8) is 0 Å². The highest BCUT2D eigenvalue weighted by molar-refractivity contribution is 7.09. The first-order valence-corrected chi connectivity index (χ1v) is 8.21. The average molecular weight is 288 g/mol. The Morgan fingerprint density at radius 2 is 1.95 bits per heavy atom. The third kappa shape index (κ3) is 4.43. The molecule has 1 N–H and O–H groups in total. The van der Waals surface area contributed by atoms with E-state index in [1.54, 1.807) is 11.3 Å². The van der Waals surface area contributed by atoms with Crippen molar-refractivity contribution in [2.75, 3.05) is 13.1 Å². The quantitative estimate of drug-likeness (QED) is 0.778. The van der Waals surface area contributed by atoms with Gasteiger partial charge in [0.25, 0.3) is 0 Å². The highest BCUT2D eigenvalue weighted by atomic mass is 32.1. The second kappa shape index (κ2) is 7.55. The van der Waals surface area contributed by atoms with E-state index in [4.69, 9.17) is 0 Å².